The first-order valence-corrected chi connectivity index (χ1v) is 6.18. The van der Waals surface area contributed by atoms with Gasteiger partial charge in [-0.25, -0.2) is 0 Å². The average Bonchev–Trinajstić information content (AvgIpc) is 1.93. The summed E-state index contributed by atoms with van der Waals surface area (Å²) in [6, 6.07) is 6.85. The standard InChI is InChI=1S/C6H4Cl3OP/c7-5-1-3-6(4-2-5)10-11(8)9/h1-4H. The highest BCUT2D eigenvalue weighted by Gasteiger charge is 2.00. The van der Waals surface area contributed by atoms with E-state index in [1.807, 2.05) is 0 Å². The van der Waals surface area contributed by atoms with E-state index >= 15 is 0 Å². The Kier molecular flexibility index (Phi) is 3.74. The first-order valence-electron chi connectivity index (χ1n) is 2.74. The highest BCUT2D eigenvalue weighted by Crippen LogP contribution is 2.47. The minimum Gasteiger partial charge on any atom is -0.445 e. The Morgan fingerprint density at radius 2 is 1.64 bits per heavy atom. The first-order chi connectivity index (χ1) is 5.18. The minimum atomic E-state index is -1.39. The third kappa shape index (κ3) is 3.48. The lowest BCUT2D eigenvalue weighted by Crippen LogP contribution is -1.76. The van der Waals surface area contributed by atoms with E-state index in [9.17, 15) is 0 Å². The molecule has 0 radical (unpaired) electrons. The second kappa shape index (κ2) is 4.37. The largest absolute Gasteiger partial charge is 0.445 e. The summed E-state index contributed by atoms with van der Waals surface area (Å²) in [6.07, 6.45) is 0. The summed E-state index contributed by atoms with van der Waals surface area (Å²) in [5.41, 5.74) is 0. The Labute approximate surface area is 80.6 Å². The Balaban J connectivity index is 2.66. The second-order valence-electron chi connectivity index (χ2n) is 1.75. The van der Waals surface area contributed by atoms with Crippen molar-refractivity contribution in [3.05, 3.63) is 29.3 Å². The molecule has 0 unspecified atom stereocenters. The topological polar surface area (TPSA) is 9.23 Å². The predicted octanol–water partition coefficient (Wildman–Crippen LogP) is 4.42. The minimum absolute atomic E-state index is 0.630. The van der Waals surface area contributed by atoms with E-state index in [4.69, 9.17) is 38.6 Å². The number of halogens is 3. The monoisotopic (exact) mass is 228 g/mol. The van der Waals surface area contributed by atoms with Crippen molar-refractivity contribution in [1.82, 2.24) is 0 Å². The lowest BCUT2D eigenvalue weighted by Gasteiger charge is -2.03. The molecule has 0 spiro atoms. The van der Waals surface area contributed by atoms with Crippen LogP contribution in [-0.2, 0) is 0 Å². The van der Waals surface area contributed by atoms with Gasteiger partial charge in [0, 0.05) is 5.02 Å². The van der Waals surface area contributed by atoms with Crippen molar-refractivity contribution in [2.45, 2.75) is 0 Å². The molecule has 0 aromatic heterocycles. The van der Waals surface area contributed by atoms with Crippen molar-refractivity contribution in [2.75, 3.05) is 0 Å². The molecule has 0 aliphatic rings. The van der Waals surface area contributed by atoms with E-state index in [2.05, 4.69) is 0 Å². The third-order valence-electron chi connectivity index (χ3n) is 0.988. The maximum absolute atomic E-state index is 5.63. The van der Waals surface area contributed by atoms with Gasteiger partial charge in [0.1, 0.15) is 5.75 Å². The zero-order valence-corrected chi connectivity index (χ0v) is 8.46. The van der Waals surface area contributed by atoms with Gasteiger partial charge in [-0.1, -0.05) is 11.6 Å². The van der Waals surface area contributed by atoms with Crippen LogP contribution in [0.3, 0.4) is 0 Å². The second-order valence-corrected chi connectivity index (χ2v) is 5.13. The summed E-state index contributed by atoms with van der Waals surface area (Å²) < 4.78 is 5.01. The molecule has 1 nitrogen and oxygen atoms in total. The van der Waals surface area contributed by atoms with Crippen LogP contribution in [0.5, 0.6) is 5.75 Å². The molecule has 0 amide bonds. The van der Waals surface area contributed by atoms with Gasteiger partial charge < -0.3 is 4.52 Å². The van der Waals surface area contributed by atoms with Crippen molar-refractivity contribution in [1.29, 1.82) is 0 Å². The zero-order valence-electron chi connectivity index (χ0n) is 5.30. The molecule has 11 heavy (non-hydrogen) atoms. The van der Waals surface area contributed by atoms with Gasteiger partial charge in [0.2, 0.25) is 0 Å². The molecule has 0 fully saturated rings. The summed E-state index contributed by atoms with van der Waals surface area (Å²) in [6.45, 7) is -1.39. The molecular weight excluding hydrogens is 225 g/mol. The lowest BCUT2D eigenvalue weighted by atomic mass is 10.3. The van der Waals surface area contributed by atoms with Gasteiger partial charge in [0.15, 0.2) is 0 Å². The highest BCUT2D eigenvalue weighted by molar-refractivity contribution is 8.00. The van der Waals surface area contributed by atoms with Crippen molar-refractivity contribution < 1.29 is 4.52 Å². The average molecular weight is 229 g/mol. The van der Waals surface area contributed by atoms with E-state index in [1.54, 1.807) is 24.3 Å². The molecule has 1 aromatic carbocycles. The highest BCUT2D eigenvalue weighted by atomic mass is 35.9. The lowest BCUT2D eigenvalue weighted by molar-refractivity contribution is 0.638. The zero-order chi connectivity index (χ0) is 8.27. The molecule has 0 saturated carbocycles. The third-order valence-corrected chi connectivity index (χ3v) is 2.00. The maximum atomic E-state index is 5.63. The van der Waals surface area contributed by atoms with Crippen molar-refractivity contribution in [2.24, 2.45) is 0 Å². The molecular formula is C6H4Cl3OP. The maximum Gasteiger partial charge on any atom is 0.284 e. The van der Waals surface area contributed by atoms with Gasteiger partial charge in [-0.05, 0) is 46.7 Å². The number of hydrogen-bond acceptors (Lipinski definition) is 1. The summed E-state index contributed by atoms with van der Waals surface area (Å²) in [5, 5.41) is 0.658. The van der Waals surface area contributed by atoms with E-state index in [1.165, 1.54) is 0 Å². The van der Waals surface area contributed by atoms with Crippen LogP contribution >= 0.6 is 40.9 Å². The Bertz CT molecular complexity index is 224. The van der Waals surface area contributed by atoms with Crippen molar-refractivity contribution in [3.63, 3.8) is 0 Å². The van der Waals surface area contributed by atoms with Gasteiger partial charge >= 0.3 is 0 Å². The van der Waals surface area contributed by atoms with Gasteiger partial charge in [0.05, 0.1) is 0 Å². The molecule has 0 N–H and O–H groups in total. The van der Waals surface area contributed by atoms with Gasteiger partial charge in [0.25, 0.3) is 6.85 Å². The summed E-state index contributed by atoms with van der Waals surface area (Å²) in [4.78, 5) is 0. The molecule has 0 heterocycles. The quantitative estimate of drug-likeness (QED) is 0.682. The number of hydrogen-bond donors (Lipinski definition) is 0. The molecule has 0 aliphatic carbocycles. The number of benzene rings is 1. The van der Waals surface area contributed by atoms with Crippen LogP contribution in [0.25, 0.3) is 0 Å². The van der Waals surface area contributed by atoms with Crippen molar-refractivity contribution in [3.8, 4) is 5.75 Å². The van der Waals surface area contributed by atoms with E-state index in [0.717, 1.165) is 0 Å². The number of rotatable bonds is 2. The summed E-state index contributed by atoms with van der Waals surface area (Å²) in [7, 11) is 0. The molecule has 0 atom stereocenters. The van der Waals surface area contributed by atoms with Crippen LogP contribution < -0.4 is 4.52 Å². The Hall–Kier alpha value is 0.320. The van der Waals surface area contributed by atoms with E-state index in [0.29, 0.717) is 10.8 Å². The fraction of sp³-hybridized carbons (Fsp3) is 0. The van der Waals surface area contributed by atoms with Crippen LogP contribution in [0.4, 0.5) is 0 Å². The van der Waals surface area contributed by atoms with Crippen molar-refractivity contribution >= 4 is 40.9 Å². The van der Waals surface area contributed by atoms with Crippen LogP contribution in [-0.4, -0.2) is 0 Å². The SMILES string of the molecule is Clc1ccc(OP(Cl)Cl)cc1. The normalized spacial score (nSPS) is 10.2. The fourth-order valence-corrected chi connectivity index (χ4v) is 1.46. The fourth-order valence-electron chi connectivity index (χ4n) is 0.575. The first kappa shape index (κ1) is 9.41. The van der Waals surface area contributed by atoms with Crippen LogP contribution in [0.2, 0.25) is 5.02 Å². The molecule has 0 saturated heterocycles. The molecule has 0 aliphatic heterocycles. The summed E-state index contributed by atoms with van der Waals surface area (Å²) in [5.74, 6) is 0.630. The molecule has 1 aromatic rings. The van der Waals surface area contributed by atoms with Crippen LogP contribution in [0, 0.1) is 0 Å². The Morgan fingerprint density at radius 1 is 1.09 bits per heavy atom. The smallest absolute Gasteiger partial charge is 0.284 e. The molecule has 5 heteroatoms. The van der Waals surface area contributed by atoms with E-state index < -0.39 is 6.85 Å². The van der Waals surface area contributed by atoms with Crippen LogP contribution in [0.1, 0.15) is 0 Å². The van der Waals surface area contributed by atoms with Crippen LogP contribution in [0.15, 0.2) is 24.3 Å². The predicted molar refractivity (Wildman–Crippen MR) is 50.7 cm³/mol. The molecule has 1 rings (SSSR count). The van der Waals surface area contributed by atoms with Gasteiger partial charge in [-0.15, -0.1) is 0 Å². The molecule has 60 valence electrons. The molecule has 0 bridgehead atoms. The van der Waals surface area contributed by atoms with Gasteiger partial charge in [-0.3, -0.25) is 0 Å². The Morgan fingerprint density at radius 3 is 2.09 bits per heavy atom. The van der Waals surface area contributed by atoms with Gasteiger partial charge in [-0.2, -0.15) is 0 Å². The van der Waals surface area contributed by atoms with E-state index in [-0.39, 0.29) is 0 Å². The summed E-state index contributed by atoms with van der Waals surface area (Å²) >= 11 is 16.5.